The third kappa shape index (κ3) is 2.31. The molecule has 1 rings (SSSR count). The lowest BCUT2D eigenvalue weighted by molar-refractivity contribution is 0.666. The fraction of sp³-hybridized carbons (Fsp3) is 0.500. The van der Waals surface area contributed by atoms with Crippen LogP contribution in [0.2, 0.25) is 0 Å². The van der Waals surface area contributed by atoms with Crippen LogP contribution in [0.15, 0.2) is 36.0 Å². The molecule has 0 aromatic heterocycles. The van der Waals surface area contributed by atoms with Crippen molar-refractivity contribution in [1.29, 1.82) is 0 Å². The molecule has 0 radical (unpaired) electrons. The lowest BCUT2D eigenvalue weighted by Gasteiger charge is -2.23. The predicted octanol–water partition coefficient (Wildman–Crippen LogP) is 2.67. The molecule has 0 atom stereocenters. The molecule has 1 heterocycles. The zero-order valence-electron chi connectivity index (χ0n) is 8.69. The molecule has 0 bridgehead atoms. The van der Waals surface area contributed by atoms with Crippen LogP contribution in [-0.2, 0) is 0 Å². The monoisotopic (exact) mass is 177 g/mol. The van der Waals surface area contributed by atoms with E-state index < -0.39 is 0 Å². The van der Waals surface area contributed by atoms with Crippen LogP contribution in [0.1, 0.15) is 20.3 Å². The zero-order chi connectivity index (χ0) is 9.84. The third-order valence-electron chi connectivity index (χ3n) is 2.59. The van der Waals surface area contributed by atoms with Gasteiger partial charge in [-0.1, -0.05) is 33.1 Å². The van der Waals surface area contributed by atoms with Gasteiger partial charge >= 0.3 is 0 Å². The Morgan fingerprint density at radius 2 is 2.23 bits per heavy atom. The first kappa shape index (κ1) is 10.3. The molecule has 13 heavy (non-hydrogen) atoms. The van der Waals surface area contributed by atoms with E-state index in [-0.39, 0.29) is 0 Å². The van der Waals surface area contributed by atoms with Gasteiger partial charge in [-0.25, -0.2) is 0 Å². The van der Waals surface area contributed by atoms with Gasteiger partial charge in [0.05, 0.1) is 0 Å². The number of hydrogen-bond acceptors (Lipinski definition) is 1. The largest absolute Gasteiger partial charge is 0.312 e. The van der Waals surface area contributed by atoms with Gasteiger partial charge in [0.1, 0.15) is 0 Å². The molecule has 0 saturated heterocycles. The summed E-state index contributed by atoms with van der Waals surface area (Å²) in [5.74, 6) is 0.532. The Bertz CT molecular complexity index is 246. The minimum Gasteiger partial charge on any atom is -0.312 e. The second-order valence-corrected chi connectivity index (χ2v) is 3.81. The standard InChI is InChI=1S/C12H19N/c1-5-11-6-7-13-8-12(11)10(4)9(2)3/h5,9,13H,1,4,6-8H2,2-3H3. The molecule has 0 spiro atoms. The van der Waals surface area contributed by atoms with E-state index in [1.54, 1.807) is 0 Å². The highest BCUT2D eigenvalue weighted by Crippen LogP contribution is 2.24. The zero-order valence-corrected chi connectivity index (χ0v) is 8.69. The molecular formula is C12H19N. The second-order valence-electron chi connectivity index (χ2n) is 3.81. The summed E-state index contributed by atoms with van der Waals surface area (Å²) in [4.78, 5) is 0. The first-order valence-corrected chi connectivity index (χ1v) is 4.91. The summed E-state index contributed by atoms with van der Waals surface area (Å²) in [5, 5.41) is 3.37. The van der Waals surface area contributed by atoms with Gasteiger partial charge in [-0.3, -0.25) is 0 Å². The molecule has 72 valence electrons. The number of nitrogens with one attached hydrogen (secondary N) is 1. The minimum atomic E-state index is 0.532. The van der Waals surface area contributed by atoms with Gasteiger partial charge in [0, 0.05) is 6.54 Å². The van der Waals surface area contributed by atoms with Crippen molar-refractivity contribution in [2.45, 2.75) is 20.3 Å². The number of allylic oxidation sites excluding steroid dienone is 1. The van der Waals surface area contributed by atoms with E-state index in [2.05, 4.69) is 32.3 Å². The van der Waals surface area contributed by atoms with Crippen molar-refractivity contribution in [3.05, 3.63) is 36.0 Å². The van der Waals surface area contributed by atoms with Crippen LogP contribution in [-0.4, -0.2) is 13.1 Å². The predicted molar refractivity (Wildman–Crippen MR) is 58.7 cm³/mol. The molecule has 0 aromatic rings. The van der Waals surface area contributed by atoms with E-state index in [1.165, 1.54) is 16.7 Å². The Morgan fingerprint density at radius 3 is 2.77 bits per heavy atom. The molecule has 1 aliphatic heterocycles. The molecule has 0 amide bonds. The summed E-state index contributed by atoms with van der Waals surface area (Å²) in [7, 11) is 0. The smallest absolute Gasteiger partial charge is 0.0210 e. The highest BCUT2D eigenvalue weighted by Gasteiger charge is 2.14. The van der Waals surface area contributed by atoms with E-state index in [0.29, 0.717) is 5.92 Å². The van der Waals surface area contributed by atoms with Gasteiger partial charge in [-0.15, -0.1) is 0 Å². The summed E-state index contributed by atoms with van der Waals surface area (Å²) >= 11 is 0. The molecule has 0 saturated carbocycles. The molecule has 0 unspecified atom stereocenters. The summed E-state index contributed by atoms with van der Waals surface area (Å²) in [5.41, 5.74) is 4.00. The topological polar surface area (TPSA) is 12.0 Å². The first-order valence-electron chi connectivity index (χ1n) is 4.91. The molecular weight excluding hydrogens is 158 g/mol. The van der Waals surface area contributed by atoms with Crippen LogP contribution in [0.4, 0.5) is 0 Å². The van der Waals surface area contributed by atoms with Crippen LogP contribution in [0.5, 0.6) is 0 Å². The van der Waals surface area contributed by atoms with Crippen LogP contribution in [0, 0.1) is 5.92 Å². The SMILES string of the molecule is C=CC1=C(C(=C)C(C)C)CNCC1. The van der Waals surface area contributed by atoms with Crippen molar-refractivity contribution < 1.29 is 0 Å². The van der Waals surface area contributed by atoms with Gasteiger partial charge in [0.15, 0.2) is 0 Å². The van der Waals surface area contributed by atoms with E-state index >= 15 is 0 Å². The van der Waals surface area contributed by atoms with Gasteiger partial charge in [-0.05, 0) is 35.6 Å². The highest BCUT2D eigenvalue weighted by atomic mass is 14.9. The van der Waals surface area contributed by atoms with E-state index in [9.17, 15) is 0 Å². The summed E-state index contributed by atoms with van der Waals surface area (Å²) in [6.45, 7) is 14.4. The highest BCUT2D eigenvalue weighted by molar-refractivity contribution is 5.41. The van der Waals surface area contributed by atoms with E-state index in [4.69, 9.17) is 0 Å². The van der Waals surface area contributed by atoms with Crippen molar-refractivity contribution in [1.82, 2.24) is 5.32 Å². The molecule has 0 aromatic carbocycles. The van der Waals surface area contributed by atoms with Gasteiger partial charge in [0.25, 0.3) is 0 Å². The average molecular weight is 177 g/mol. The maximum absolute atomic E-state index is 4.13. The van der Waals surface area contributed by atoms with E-state index in [0.717, 1.165) is 19.5 Å². The van der Waals surface area contributed by atoms with Crippen LogP contribution in [0.3, 0.4) is 0 Å². The van der Waals surface area contributed by atoms with Crippen molar-refractivity contribution >= 4 is 0 Å². The summed E-state index contributed by atoms with van der Waals surface area (Å²) < 4.78 is 0. The van der Waals surface area contributed by atoms with Gasteiger partial charge in [-0.2, -0.15) is 0 Å². The summed E-state index contributed by atoms with van der Waals surface area (Å²) in [6, 6.07) is 0. The van der Waals surface area contributed by atoms with Gasteiger partial charge in [0.2, 0.25) is 0 Å². The molecule has 0 fully saturated rings. The average Bonchev–Trinajstić information content (AvgIpc) is 2.16. The lowest BCUT2D eigenvalue weighted by atomic mass is 9.90. The van der Waals surface area contributed by atoms with Crippen molar-refractivity contribution in [3.63, 3.8) is 0 Å². The minimum absolute atomic E-state index is 0.532. The number of rotatable bonds is 3. The maximum atomic E-state index is 4.13. The van der Waals surface area contributed by atoms with Crippen molar-refractivity contribution in [2.75, 3.05) is 13.1 Å². The molecule has 1 nitrogen and oxygen atoms in total. The molecule has 0 aliphatic carbocycles. The van der Waals surface area contributed by atoms with Crippen molar-refractivity contribution in [2.24, 2.45) is 5.92 Å². The van der Waals surface area contributed by atoms with Crippen LogP contribution >= 0.6 is 0 Å². The van der Waals surface area contributed by atoms with E-state index in [1.807, 2.05) is 6.08 Å². The van der Waals surface area contributed by atoms with Crippen LogP contribution < -0.4 is 5.32 Å². The second kappa shape index (κ2) is 4.43. The lowest BCUT2D eigenvalue weighted by Crippen LogP contribution is -2.26. The molecule has 1 aliphatic rings. The summed E-state index contributed by atoms with van der Waals surface area (Å²) in [6.07, 6.45) is 3.06. The Hall–Kier alpha value is -0.820. The first-order chi connectivity index (χ1) is 6.16. The number of hydrogen-bond donors (Lipinski definition) is 1. The normalized spacial score (nSPS) is 17.8. The van der Waals surface area contributed by atoms with Crippen molar-refractivity contribution in [3.8, 4) is 0 Å². The van der Waals surface area contributed by atoms with Crippen LogP contribution in [0.25, 0.3) is 0 Å². The van der Waals surface area contributed by atoms with Gasteiger partial charge < -0.3 is 5.32 Å². The Kier molecular flexibility index (Phi) is 3.49. The molecule has 1 N–H and O–H groups in total. The Balaban J connectivity index is 2.90. The molecule has 1 heteroatoms. The Morgan fingerprint density at radius 1 is 1.54 bits per heavy atom. The third-order valence-corrected chi connectivity index (χ3v) is 2.59. The maximum Gasteiger partial charge on any atom is 0.0210 e. The quantitative estimate of drug-likeness (QED) is 0.699. The Labute approximate surface area is 81.2 Å². The fourth-order valence-electron chi connectivity index (χ4n) is 1.59. The fourth-order valence-corrected chi connectivity index (χ4v) is 1.59.